The van der Waals surface area contributed by atoms with E-state index in [0.29, 0.717) is 10.0 Å². The first-order valence-corrected chi connectivity index (χ1v) is 11.0. The van der Waals surface area contributed by atoms with Gasteiger partial charge in [0.2, 0.25) is 0 Å². The van der Waals surface area contributed by atoms with Crippen LogP contribution < -0.4 is 5.73 Å². The summed E-state index contributed by atoms with van der Waals surface area (Å²) in [5, 5.41) is 4.00. The Morgan fingerprint density at radius 2 is 1.34 bits per heavy atom. The smallest absolute Gasteiger partial charge is 0.276 e. The first kappa shape index (κ1) is 21.7. The molecule has 7 heteroatoms. The number of nitrogens with zero attached hydrogens (tertiary/aromatic N) is 2. The number of thiazole rings is 1. The van der Waals surface area contributed by atoms with E-state index < -0.39 is 10.7 Å². The van der Waals surface area contributed by atoms with Crippen LogP contribution in [-0.2, 0) is 15.0 Å². The highest BCUT2D eigenvalue weighted by atomic mass is 35.5. The molecule has 0 spiro atoms. The van der Waals surface area contributed by atoms with Gasteiger partial charge in [-0.1, -0.05) is 107 Å². The molecule has 0 bridgehead atoms. The minimum Gasteiger partial charge on any atom is -0.398 e. The Bertz CT molecular complexity index is 1150. The predicted octanol–water partition coefficient (Wildman–Crippen LogP) is 5.22. The second-order valence-corrected chi connectivity index (χ2v) is 8.35. The lowest BCUT2D eigenvalue weighted by Gasteiger charge is -2.34. The number of oxime groups is 1. The molecule has 0 saturated heterocycles. The van der Waals surface area contributed by atoms with Gasteiger partial charge in [0, 0.05) is 0 Å². The van der Waals surface area contributed by atoms with Crippen molar-refractivity contribution < 1.29 is 9.63 Å². The van der Waals surface area contributed by atoms with Crippen molar-refractivity contribution in [3.05, 3.63) is 118 Å². The molecule has 3 aromatic carbocycles. The van der Waals surface area contributed by atoms with Gasteiger partial charge in [-0.25, -0.2) is 4.98 Å². The van der Waals surface area contributed by atoms with Crippen molar-refractivity contribution in [3.8, 4) is 0 Å². The zero-order valence-electron chi connectivity index (χ0n) is 17.2. The highest BCUT2D eigenvalue weighted by Crippen LogP contribution is 2.47. The van der Waals surface area contributed by atoms with Crippen LogP contribution in [0.15, 0.2) is 96.2 Å². The number of anilines is 1. The second-order valence-electron chi connectivity index (χ2n) is 6.98. The monoisotopic (exact) mass is 461 g/mol. The Morgan fingerprint density at radius 1 is 0.906 bits per heavy atom. The van der Waals surface area contributed by atoms with Gasteiger partial charge >= 0.3 is 0 Å². The van der Waals surface area contributed by atoms with Crippen LogP contribution in [-0.4, -0.2) is 23.0 Å². The number of hydrogen-bond acceptors (Lipinski definition) is 6. The molecule has 0 aliphatic heterocycles. The van der Waals surface area contributed by atoms with Gasteiger partial charge in [-0.15, -0.1) is 0 Å². The van der Waals surface area contributed by atoms with E-state index in [9.17, 15) is 4.79 Å². The van der Waals surface area contributed by atoms with Gasteiger partial charge in [-0.3, -0.25) is 4.79 Å². The lowest BCUT2D eigenvalue weighted by Crippen LogP contribution is -2.31. The maximum Gasteiger partial charge on any atom is 0.276 e. The van der Waals surface area contributed by atoms with E-state index >= 15 is 0 Å². The summed E-state index contributed by atoms with van der Waals surface area (Å²) >= 11 is 7.06. The molecule has 32 heavy (non-hydrogen) atoms. The van der Waals surface area contributed by atoms with Gasteiger partial charge in [0.1, 0.15) is 22.8 Å². The van der Waals surface area contributed by atoms with Crippen molar-refractivity contribution in [2.24, 2.45) is 5.16 Å². The number of benzene rings is 3. The molecule has 4 rings (SSSR count). The van der Waals surface area contributed by atoms with E-state index in [4.69, 9.17) is 27.2 Å². The minimum atomic E-state index is -0.792. The first-order chi connectivity index (χ1) is 15.6. The quantitative estimate of drug-likeness (QED) is 0.177. The number of aromatic nitrogens is 1. The van der Waals surface area contributed by atoms with Gasteiger partial charge in [-0.2, -0.15) is 0 Å². The van der Waals surface area contributed by atoms with Crippen molar-refractivity contribution in [1.82, 2.24) is 4.98 Å². The number of nitrogens with two attached hydrogens (primary N) is 1. The van der Waals surface area contributed by atoms with Crippen LogP contribution in [0.3, 0.4) is 0 Å². The van der Waals surface area contributed by atoms with Crippen LogP contribution in [0.25, 0.3) is 0 Å². The molecule has 160 valence electrons. The summed E-state index contributed by atoms with van der Waals surface area (Å²) in [6.07, 6.45) is 0. The largest absolute Gasteiger partial charge is 0.398 e. The van der Waals surface area contributed by atoms with Gasteiger partial charge in [0.25, 0.3) is 5.24 Å². The Kier molecular flexibility index (Phi) is 6.35. The summed E-state index contributed by atoms with van der Waals surface area (Å²) in [7, 11) is 1.34. The number of carbonyl (C=O) groups excluding carboxylic acids is 1. The predicted molar refractivity (Wildman–Crippen MR) is 129 cm³/mol. The fourth-order valence-electron chi connectivity index (χ4n) is 3.86. The molecule has 1 heterocycles. The van der Waals surface area contributed by atoms with Crippen molar-refractivity contribution in [3.63, 3.8) is 0 Å². The molecule has 0 saturated carbocycles. The molecule has 0 atom stereocenters. The van der Waals surface area contributed by atoms with E-state index in [1.165, 1.54) is 18.4 Å². The topological polar surface area (TPSA) is 77.6 Å². The highest BCUT2D eigenvalue weighted by Gasteiger charge is 2.42. The Labute approximate surface area is 195 Å². The third-order valence-electron chi connectivity index (χ3n) is 5.19. The summed E-state index contributed by atoms with van der Waals surface area (Å²) in [5.41, 5.74) is 8.70. The van der Waals surface area contributed by atoms with Crippen LogP contribution in [0.5, 0.6) is 0 Å². The second kappa shape index (κ2) is 9.34. The molecule has 1 aromatic heterocycles. The number of hydrogen-bond donors (Lipinski definition) is 1. The van der Waals surface area contributed by atoms with E-state index in [1.807, 2.05) is 54.6 Å². The average molecular weight is 462 g/mol. The Morgan fingerprint density at radius 3 is 1.72 bits per heavy atom. The van der Waals surface area contributed by atoms with Crippen LogP contribution in [0, 0.1) is 0 Å². The number of rotatable bonds is 7. The van der Waals surface area contributed by atoms with E-state index in [0.717, 1.165) is 16.7 Å². The molecule has 5 nitrogen and oxygen atoms in total. The SMILES string of the molecule is CON=C(C(=O)Cl)c1nc(C(c2ccccc2)(c2ccccc2)c2ccccc2)sc1N. The molecule has 0 unspecified atom stereocenters. The van der Waals surface area contributed by atoms with Crippen molar-refractivity contribution in [1.29, 1.82) is 0 Å². The summed E-state index contributed by atoms with van der Waals surface area (Å²) in [4.78, 5) is 21.7. The molecule has 0 fully saturated rings. The van der Waals surface area contributed by atoms with E-state index in [1.54, 1.807) is 0 Å². The zero-order chi connectivity index (χ0) is 22.6. The summed E-state index contributed by atoms with van der Waals surface area (Å²) < 4.78 is 0. The number of nitrogen functional groups attached to an aromatic ring is 1. The Balaban J connectivity index is 2.09. The van der Waals surface area contributed by atoms with Gasteiger partial charge in [0.15, 0.2) is 5.71 Å². The summed E-state index contributed by atoms with van der Waals surface area (Å²) in [5.74, 6) is 0. The number of halogens is 1. The lowest BCUT2D eigenvalue weighted by atomic mass is 9.70. The van der Waals surface area contributed by atoms with Crippen LogP contribution in [0.4, 0.5) is 5.00 Å². The highest BCUT2D eigenvalue weighted by molar-refractivity contribution is 7.16. The van der Waals surface area contributed by atoms with Crippen LogP contribution in [0.1, 0.15) is 27.4 Å². The molecule has 2 N–H and O–H groups in total. The third kappa shape index (κ3) is 3.79. The van der Waals surface area contributed by atoms with Crippen molar-refractivity contribution in [2.75, 3.05) is 12.8 Å². The molecule has 4 aromatic rings. The summed E-state index contributed by atoms with van der Waals surface area (Å²) in [6.45, 7) is 0. The molecule has 0 aliphatic carbocycles. The Hall–Kier alpha value is -3.48. The fraction of sp³-hybridized carbons (Fsp3) is 0.0800. The summed E-state index contributed by atoms with van der Waals surface area (Å²) in [6, 6.07) is 30.3. The van der Waals surface area contributed by atoms with Crippen LogP contribution >= 0.6 is 22.9 Å². The average Bonchev–Trinajstić information content (AvgIpc) is 3.21. The molecular formula is C25H20ClN3O2S. The van der Waals surface area contributed by atoms with Gasteiger partial charge < -0.3 is 10.6 Å². The standard InChI is InChI=1S/C25H20ClN3O2S/c1-31-29-20(22(26)30)21-23(27)32-24(28-21)25(17-11-5-2-6-12-17,18-13-7-3-8-14-18)19-15-9-4-10-16-19/h2-16H,27H2,1H3. The number of carbonyl (C=O) groups is 1. The third-order valence-corrected chi connectivity index (χ3v) is 6.37. The van der Waals surface area contributed by atoms with Gasteiger partial charge in [-0.05, 0) is 28.3 Å². The minimum absolute atomic E-state index is 0.128. The lowest BCUT2D eigenvalue weighted by molar-refractivity contribution is -0.106. The van der Waals surface area contributed by atoms with Crippen molar-refractivity contribution >= 4 is 38.9 Å². The fourth-order valence-corrected chi connectivity index (χ4v) is 5.08. The van der Waals surface area contributed by atoms with Crippen LogP contribution in [0.2, 0.25) is 0 Å². The maximum absolute atomic E-state index is 12.0. The molecule has 0 radical (unpaired) electrons. The maximum atomic E-state index is 12.0. The first-order valence-electron chi connectivity index (χ1n) is 9.83. The normalized spacial score (nSPS) is 11.9. The zero-order valence-corrected chi connectivity index (χ0v) is 18.8. The molecular weight excluding hydrogens is 442 g/mol. The van der Waals surface area contributed by atoms with Gasteiger partial charge in [0.05, 0.1) is 5.41 Å². The molecule has 0 aliphatic rings. The molecule has 0 amide bonds. The van der Waals surface area contributed by atoms with Crippen molar-refractivity contribution in [2.45, 2.75) is 5.41 Å². The van der Waals surface area contributed by atoms with E-state index in [2.05, 4.69) is 41.6 Å². The van der Waals surface area contributed by atoms with E-state index in [-0.39, 0.29) is 11.4 Å².